The second-order valence-corrected chi connectivity index (χ2v) is 1.89. The van der Waals surface area contributed by atoms with Gasteiger partial charge < -0.3 is 0 Å². The Balaban J connectivity index is 0.000000640. The molecular formula is C7H8ArO. The molecule has 0 amide bonds. The summed E-state index contributed by atoms with van der Waals surface area (Å²) in [4.78, 5) is 10.4. The van der Waals surface area contributed by atoms with E-state index >= 15 is 0 Å². The van der Waals surface area contributed by atoms with Gasteiger partial charge in [-0.15, -0.1) is 0 Å². The zero-order valence-electron chi connectivity index (χ0n) is 5.42. The second kappa shape index (κ2) is 3.55. The van der Waals surface area contributed by atoms with Crippen molar-refractivity contribution >= 4 is 5.57 Å². The smallest absolute Gasteiger partial charge is 0.186 e. The van der Waals surface area contributed by atoms with Gasteiger partial charge in [-0.05, 0) is 25.5 Å². The van der Waals surface area contributed by atoms with Crippen molar-refractivity contribution in [3.8, 4) is 0 Å². The maximum Gasteiger partial charge on any atom is 0.186 e. The Hall–Kier alpha value is 0.410. The predicted octanol–water partition coefficient (Wildman–Crippen LogP) is 1.35. The fourth-order valence-electron chi connectivity index (χ4n) is 0.559. The van der Waals surface area contributed by atoms with Crippen LogP contribution < -0.4 is 5.43 Å². The van der Waals surface area contributed by atoms with Crippen LogP contribution in [0.3, 0.4) is 0 Å². The van der Waals surface area contributed by atoms with Crippen LogP contribution in [0.4, 0.5) is 0 Å². The van der Waals surface area contributed by atoms with Crippen molar-refractivity contribution in [3.05, 3.63) is 27.9 Å². The van der Waals surface area contributed by atoms with E-state index in [1.165, 1.54) is 0 Å². The van der Waals surface area contributed by atoms with Gasteiger partial charge in [-0.3, -0.25) is 4.79 Å². The van der Waals surface area contributed by atoms with Gasteiger partial charge in [-0.1, -0.05) is 6.08 Å². The summed E-state index contributed by atoms with van der Waals surface area (Å²) < 4.78 is 0. The molecule has 0 aliphatic carbocycles. The van der Waals surface area contributed by atoms with Crippen LogP contribution in [0, 0.1) is 37.7 Å². The molecule has 1 rings (SSSR count). The fourth-order valence-corrected chi connectivity index (χ4v) is 0.559. The van der Waals surface area contributed by atoms with Gasteiger partial charge in [0.1, 0.15) is 0 Å². The molecule has 0 unspecified atom stereocenters. The maximum atomic E-state index is 10.4. The van der Waals surface area contributed by atoms with E-state index in [4.69, 9.17) is 0 Å². The van der Waals surface area contributed by atoms with Crippen LogP contribution in [0.25, 0.3) is 5.57 Å². The minimum absolute atomic E-state index is 0. The molecule has 0 aliphatic rings. The van der Waals surface area contributed by atoms with Gasteiger partial charge in [0.15, 0.2) is 5.43 Å². The SMILES string of the molecule is C/C=C(\C)c1cc1=O.[Ar]. The van der Waals surface area contributed by atoms with E-state index in [-0.39, 0.29) is 43.2 Å². The van der Waals surface area contributed by atoms with Crippen molar-refractivity contribution in [1.82, 2.24) is 0 Å². The average molecular weight is 148 g/mol. The number of hydrogen-bond acceptors (Lipinski definition) is 1. The first-order chi connectivity index (χ1) is 3.75. The van der Waals surface area contributed by atoms with Crippen LogP contribution in [0.15, 0.2) is 16.9 Å². The van der Waals surface area contributed by atoms with E-state index in [0.717, 1.165) is 11.1 Å². The molecule has 0 fully saturated rings. The van der Waals surface area contributed by atoms with Gasteiger partial charge in [0.05, 0.1) is 0 Å². The third kappa shape index (κ3) is 2.24. The molecule has 0 N–H and O–H groups in total. The molecule has 0 atom stereocenters. The Morgan fingerprint density at radius 2 is 2.11 bits per heavy atom. The van der Waals surface area contributed by atoms with E-state index in [1.54, 1.807) is 6.07 Å². The first kappa shape index (κ1) is 9.41. The minimum atomic E-state index is 0. The Bertz CT molecular complexity index is 228. The van der Waals surface area contributed by atoms with Crippen LogP contribution in [0.1, 0.15) is 19.4 Å². The van der Waals surface area contributed by atoms with Crippen molar-refractivity contribution in [3.63, 3.8) is 0 Å². The Morgan fingerprint density at radius 3 is 2.22 bits per heavy atom. The van der Waals surface area contributed by atoms with Crippen LogP contribution in [0.5, 0.6) is 0 Å². The van der Waals surface area contributed by atoms with Gasteiger partial charge in [-0.2, -0.15) is 0 Å². The number of rotatable bonds is 1. The third-order valence-corrected chi connectivity index (χ3v) is 1.32. The predicted molar refractivity (Wildman–Crippen MR) is 34.4 cm³/mol. The molecule has 1 nitrogen and oxygen atoms in total. The summed E-state index contributed by atoms with van der Waals surface area (Å²) >= 11 is 0. The minimum Gasteiger partial charge on any atom is -0.289 e. The summed E-state index contributed by atoms with van der Waals surface area (Å²) in [6.07, 6.45) is 1.94. The molecule has 0 bridgehead atoms. The van der Waals surface area contributed by atoms with Crippen LogP contribution in [-0.4, -0.2) is 0 Å². The molecule has 50 valence electrons. The molecule has 0 radical (unpaired) electrons. The summed E-state index contributed by atoms with van der Waals surface area (Å²) in [7, 11) is 0. The van der Waals surface area contributed by atoms with Gasteiger partial charge >= 0.3 is 0 Å². The molecule has 2 heteroatoms. The van der Waals surface area contributed by atoms with Crippen molar-refractivity contribution in [2.75, 3.05) is 0 Å². The summed E-state index contributed by atoms with van der Waals surface area (Å²) in [6, 6.07) is 1.65. The van der Waals surface area contributed by atoms with Crippen molar-refractivity contribution in [1.29, 1.82) is 0 Å². The summed E-state index contributed by atoms with van der Waals surface area (Å²) in [5.41, 5.74) is 2.18. The molecule has 0 saturated heterocycles. The van der Waals surface area contributed by atoms with E-state index in [0.29, 0.717) is 0 Å². The molecule has 0 spiro atoms. The van der Waals surface area contributed by atoms with Gasteiger partial charge in [0, 0.05) is 43.3 Å². The molecule has 0 aromatic heterocycles. The van der Waals surface area contributed by atoms with Crippen LogP contribution >= 0.6 is 0 Å². The quantitative estimate of drug-likeness (QED) is 0.587. The van der Waals surface area contributed by atoms with Gasteiger partial charge in [-0.25, -0.2) is 0 Å². The van der Waals surface area contributed by atoms with Gasteiger partial charge in [0.25, 0.3) is 0 Å². The largest absolute Gasteiger partial charge is 0.289 e. The normalized spacial score (nSPS) is 11.6. The molecule has 1 aromatic carbocycles. The third-order valence-electron chi connectivity index (χ3n) is 1.32. The zero-order valence-corrected chi connectivity index (χ0v) is 6.12. The molecule has 9 heavy (non-hydrogen) atoms. The van der Waals surface area contributed by atoms with Crippen LogP contribution in [0.2, 0.25) is 0 Å². The van der Waals surface area contributed by atoms with E-state index < -0.39 is 0 Å². The molecule has 0 saturated carbocycles. The molecule has 1 aromatic rings. The van der Waals surface area contributed by atoms with Crippen molar-refractivity contribution in [2.24, 2.45) is 0 Å². The molecule has 0 heterocycles. The van der Waals surface area contributed by atoms with E-state index in [9.17, 15) is 4.79 Å². The fraction of sp³-hybridized carbons (Fsp3) is 0.286. The maximum absolute atomic E-state index is 10.4. The Kier molecular flexibility index (Phi) is 3.71. The first-order valence-electron chi connectivity index (χ1n) is 2.65. The summed E-state index contributed by atoms with van der Waals surface area (Å²) in [5.74, 6) is 0. The van der Waals surface area contributed by atoms with Crippen molar-refractivity contribution in [2.45, 2.75) is 13.8 Å². The monoisotopic (exact) mass is 148 g/mol. The number of hydrogen-bond donors (Lipinski definition) is 0. The zero-order chi connectivity index (χ0) is 6.15. The van der Waals surface area contributed by atoms with Crippen LogP contribution in [-0.2, 0) is 0 Å². The molecule has 0 aliphatic heterocycles. The first-order valence-corrected chi connectivity index (χ1v) is 2.65. The Morgan fingerprint density at radius 1 is 1.67 bits per heavy atom. The second-order valence-electron chi connectivity index (χ2n) is 1.89. The van der Waals surface area contributed by atoms with Crippen molar-refractivity contribution < 1.29 is 37.7 Å². The number of allylic oxidation sites excluding steroid dienone is 2. The van der Waals surface area contributed by atoms with Gasteiger partial charge in [0.2, 0.25) is 0 Å². The summed E-state index contributed by atoms with van der Waals surface area (Å²) in [5, 5.41) is 0. The molecular weight excluding hydrogens is 140 g/mol. The topological polar surface area (TPSA) is 17.1 Å². The van der Waals surface area contributed by atoms with E-state index in [2.05, 4.69) is 0 Å². The average Bonchev–Trinajstić information content (AvgIpc) is 2.45. The summed E-state index contributed by atoms with van der Waals surface area (Å²) in [6.45, 7) is 3.87. The standard InChI is InChI=1S/C7H8O.Ar/c1-3-5(2)6-4-7(6)8;/h3-4H,1-2H3;/b5-3+;. The Labute approximate surface area is 84.4 Å². The van der Waals surface area contributed by atoms with E-state index in [1.807, 2.05) is 19.9 Å².